The van der Waals surface area contributed by atoms with E-state index in [4.69, 9.17) is 4.98 Å². The standard InChI is InChI=1S/C30H48N6S/c1-22(2)10-8-16-36-26(12-13-28-31-14-17-35(28)15-9-11-25(6)37)20-33-30(36)24(5)19-27-21-32-29(34(27)7)18-23(3)4/h14,17-18,20-22,24-25,37H,8-13,15-16,19H2,1-7H3. The van der Waals surface area contributed by atoms with Gasteiger partial charge in [0.2, 0.25) is 0 Å². The van der Waals surface area contributed by atoms with Crippen molar-refractivity contribution in [3.05, 3.63) is 59.2 Å². The van der Waals surface area contributed by atoms with Crippen LogP contribution < -0.4 is 0 Å². The van der Waals surface area contributed by atoms with Crippen molar-refractivity contribution in [1.29, 1.82) is 0 Å². The molecule has 3 heterocycles. The van der Waals surface area contributed by atoms with Gasteiger partial charge in [-0.1, -0.05) is 33.3 Å². The van der Waals surface area contributed by atoms with E-state index in [1.54, 1.807) is 0 Å². The van der Waals surface area contributed by atoms with E-state index in [0.29, 0.717) is 17.1 Å². The molecule has 0 radical (unpaired) electrons. The molecule has 2 atom stereocenters. The molecule has 2 unspecified atom stereocenters. The van der Waals surface area contributed by atoms with Gasteiger partial charge in [-0.2, -0.15) is 12.6 Å². The van der Waals surface area contributed by atoms with Gasteiger partial charge in [0.25, 0.3) is 0 Å². The van der Waals surface area contributed by atoms with Gasteiger partial charge in [-0.15, -0.1) is 0 Å². The Morgan fingerprint density at radius 1 is 0.946 bits per heavy atom. The second kappa shape index (κ2) is 14.0. The van der Waals surface area contributed by atoms with Crippen molar-refractivity contribution in [2.75, 3.05) is 0 Å². The van der Waals surface area contributed by atoms with Crippen LogP contribution in [-0.2, 0) is 39.4 Å². The third kappa shape index (κ3) is 8.62. The predicted molar refractivity (Wildman–Crippen MR) is 158 cm³/mol. The van der Waals surface area contributed by atoms with Gasteiger partial charge in [-0.25, -0.2) is 15.0 Å². The van der Waals surface area contributed by atoms with Crippen LogP contribution >= 0.6 is 12.6 Å². The van der Waals surface area contributed by atoms with Crippen LogP contribution in [0.4, 0.5) is 0 Å². The average molecular weight is 525 g/mol. The van der Waals surface area contributed by atoms with Crippen LogP contribution in [-0.4, -0.2) is 33.9 Å². The van der Waals surface area contributed by atoms with Crippen LogP contribution in [0.2, 0.25) is 0 Å². The molecule has 0 amide bonds. The number of hydrogen-bond donors (Lipinski definition) is 1. The predicted octanol–water partition coefficient (Wildman–Crippen LogP) is 6.90. The number of allylic oxidation sites excluding steroid dienone is 1. The third-order valence-corrected chi connectivity index (χ3v) is 7.31. The number of rotatable bonds is 15. The van der Waals surface area contributed by atoms with Gasteiger partial charge in [0.1, 0.15) is 17.5 Å². The molecule has 0 aromatic carbocycles. The minimum atomic E-state index is 0.313. The molecule has 0 aliphatic heterocycles. The lowest BCUT2D eigenvalue weighted by Gasteiger charge is -2.18. The molecule has 0 fully saturated rings. The number of aryl methyl sites for hydroxylation is 3. The summed E-state index contributed by atoms with van der Waals surface area (Å²) < 4.78 is 7.02. The van der Waals surface area contributed by atoms with Gasteiger partial charge in [0.05, 0.1) is 0 Å². The summed E-state index contributed by atoms with van der Waals surface area (Å²) in [5.41, 5.74) is 3.82. The zero-order valence-corrected chi connectivity index (χ0v) is 25.0. The van der Waals surface area contributed by atoms with Crippen LogP contribution in [0.1, 0.15) is 102 Å². The summed E-state index contributed by atoms with van der Waals surface area (Å²) in [6.45, 7) is 15.3. The van der Waals surface area contributed by atoms with Gasteiger partial charge in [0, 0.05) is 68.7 Å². The zero-order valence-electron chi connectivity index (χ0n) is 24.1. The Kier molecular flexibility index (Phi) is 11.1. The summed E-state index contributed by atoms with van der Waals surface area (Å²) in [5, 5.41) is 0.442. The van der Waals surface area contributed by atoms with E-state index in [0.717, 1.165) is 56.8 Å². The number of thiol groups is 1. The molecular formula is C30H48N6S. The maximum absolute atomic E-state index is 4.97. The van der Waals surface area contributed by atoms with Crippen molar-refractivity contribution in [2.45, 2.75) is 111 Å². The highest BCUT2D eigenvalue weighted by atomic mass is 32.1. The van der Waals surface area contributed by atoms with E-state index in [9.17, 15) is 0 Å². The first-order chi connectivity index (χ1) is 17.7. The topological polar surface area (TPSA) is 53.5 Å². The Labute approximate surface area is 230 Å². The summed E-state index contributed by atoms with van der Waals surface area (Å²) in [4.78, 5) is 14.3. The van der Waals surface area contributed by atoms with Gasteiger partial charge in [0.15, 0.2) is 0 Å². The highest BCUT2D eigenvalue weighted by molar-refractivity contribution is 7.80. The summed E-state index contributed by atoms with van der Waals surface area (Å²) in [6.07, 6.45) is 17.8. The van der Waals surface area contributed by atoms with E-state index in [2.05, 4.69) is 103 Å². The molecule has 37 heavy (non-hydrogen) atoms. The fourth-order valence-electron chi connectivity index (χ4n) is 4.95. The molecule has 7 heteroatoms. The van der Waals surface area contributed by atoms with Crippen molar-refractivity contribution in [1.82, 2.24) is 28.7 Å². The second-order valence-corrected chi connectivity index (χ2v) is 12.2. The molecule has 0 N–H and O–H groups in total. The smallest absolute Gasteiger partial charge is 0.132 e. The zero-order chi connectivity index (χ0) is 26.9. The largest absolute Gasteiger partial charge is 0.335 e. The van der Waals surface area contributed by atoms with E-state index < -0.39 is 0 Å². The van der Waals surface area contributed by atoms with Crippen LogP contribution in [0.25, 0.3) is 6.08 Å². The maximum Gasteiger partial charge on any atom is 0.132 e. The van der Waals surface area contributed by atoms with E-state index in [1.165, 1.54) is 35.6 Å². The number of hydrogen-bond acceptors (Lipinski definition) is 4. The minimum Gasteiger partial charge on any atom is -0.335 e. The first-order valence-corrected chi connectivity index (χ1v) is 14.5. The number of aromatic nitrogens is 6. The van der Waals surface area contributed by atoms with E-state index >= 15 is 0 Å². The molecule has 0 aliphatic carbocycles. The first-order valence-electron chi connectivity index (χ1n) is 14.0. The quantitative estimate of drug-likeness (QED) is 0.220. The van der Waals surface area contributed by atoms with Gasteiger partial charge in [-0.3, -0.25) is 0 Å². The Morgan fingerprint density at radius 3 is 2.38 bits per heavy atom. The summed E-state index contributed by atoms with van der Waals surface area (Å²) >= 11 is 4.52. The van der Waals surface area contributed by atoms with Crippen LogP contribution in [0.5, 0.6) is 0 Å². The highest BCUT2D eigenvalue weighted by Crippen LogP contribution is 2.24. The Bertz CT molecular complexity index is 1130. The lowest BCUT2D eigenvalue weighted by Crippen LogP contribution is -2.14. The number of nitrogens with zero attached hydrogens (tertiary/aromatic N) is 6. The van der Waals surface area contributed by atoms with Crippen molar-refractivity contribution < 1.29 is 0 Å². The van der Waals surface area contributed by atoms with E-state index in [-0.39, 0.29) is 0 Å². The molecule has 0 spiro atoms. The summed E-state index contributed by atoms with van der Waals surface area (Å²) in [5.74, 6) is 4.39. The average Bonchev–Trinajstić information content (AvgIpc) is 3.52. The molecule has 0 saturated heterocycles. The van der Waals surface area contributed by atoms with Crippen LogP contribution in [0, 0.1) is 5.92 Å². The molecule has 0 bridgehead atoms. The fourth-order valence-corrected chi connectivity index (χ4v) is 5.13. The molecule has 3 rings (SSSR count). The lowest BCUT2D eigenvalue weighted by atomic mass is 10.0. The van der Waals surface area contributed by atoms with Crippen molar-refractivity contribution in [2.24, 2.45) is 13.0 Å². The Morgan fingerprint density at radius 2 is 1.68 bits per heavy atom. The molecule has 0 aliphatic rings. The molecule has 204 valence electrons. The lowest BCUT2D eigenvalue weighted by molar-refractivity contribution is 0.484. The Balaban J connectivity index is 1.74. The van der Waals surface area contributed by atoms with Crippen LogP contribution in [0.3, 0.4) is 0 Å². The molecule has 3 aromatic heterocycles. The highest BCUT2D eigenvalue weighted by Gasteiger charge is 2.19. The summed E-state index contributed by atoms with van der Waals surface area (Å²) in [7, 11) is 2.11. The van der Waals surface area contributed by atoms with Gasteiger partial charge in [-0.05, 0) is 69.6 Å². The van der Waals surface area contributed by atoms with Crippen molar-refractivity contribution in [3.8, 4) is 0 Å². The number of imidazole rings is 3. The Hall–Kier alpha value is -2.28. The molecule has 0 saturated carbocycles. The third-order valence-electron chi connectivity index (χ3n) is 7.05. The first kappa shape index (κ1) is 29.3. The normalized spacial score (nSPS) is 13.3. The SMILES string of the molecule is CC(C)=Cc1ncc(CC(C)c2ncc(CCc3nccn3CCCC(C)S)n2CCCC(C)C)n1C. The monoisotopic (exact) mass is 524 g/mol. The van der Waals surface area contributed by atoms with Gasteiger partial charge < -0.3 is 13.7 Å². The second-order valence-electron chi connectivity index (χ2n) is 11.3. The maximum atomic E-state index is 4.97. The fraction of sp³-hybridized carbons (Fsp3) is 0.633. The molecule has 3 aromatic rings. The molecule has 6 nitrogen and oxygen atoms in total. The summed E-state index contributed by atoms with van der Waals surface area (Å²) in [6, 6.07) is 0. The minimum absolute atomic E-state index is 0.313. The van der Waals surface area contributed by atoms with Crippen molar-refractivity contribution in [3.63, 3.8) is 0 Å². The van der Waals surface area contributed by atoms with Gasteiger partial charge >= 0.3 is 0 Å². The molecular weight excluding hydrogens is 476 g/mol. The van der Waals surface area contributed by atoms with Crippen molar-refractivity contribution >= 4 is 18.7 Å². The van der Waals surface area contributed by atoms with Crippen LogP contribution in [0.15, 0.2) is 30.4 Å². The van der Waals surface area contributed by atoms with E-state index in [1.807, 2.05) is 12.4 Å².